The summed E-state index contributed by atoms with van der Waals surface area (Å²) in [5.74, 6) is 0. The van der Waals surface area contributed by atoms with E-state index in [1.807, 2.05) is 0 Å². The third-order valence-electron chi connectivity index (χ3n) is 8.77. The van der Waals surface area contributed by atoms with Crippen molar-refractivity contribution in [2.75, 3.05) is 9.80 Å². The lowest BCUT2D eigenvalue weighted by molar-refractivity contribution is 0.564. The summed E-state index contributed by atoms with van der Waals surface area (Å²) in [5, 5.41) is 0. The van der Waals surface area contributed by atoms with E-state index >= 15 is 0 Å². The van der Waals surface area contributed by atoms with Gasteiger partial charge in [0.1, 0.15) is 0 Å². The lowest BCUT2D eigenvalue weighted by Gasteiger charge is -2.30. The van der Waals surface area contributed by atoms with Crippen LogP contribution in [0.15, 0.2) is 158 Å². The Labute approximate surface area is 249 Å². The van der Waals surface area contributed by atoms with Gasteiger partial charge in [0.05, 0.1) is 0 Å². The summed E-state index contributed by atoms with van der Waals surface area (Å²) in [7, 11) is 0. The average molecular weight is 543 g/mol. The Morgan fingerprint density at radius 2 is 0.714 bits per heavy atom. The predicted molar refractivity (Wildman–Crippen MR) is 178 cm³/mol. The molecule has 0 saturated heterocycles. The van der Waals surface area contributed by atoms with Crippen molar-refractivity contribution in [3.8, 4) is 11.1 Å². The molecule has 1 aliphatic carbocycles. The Morgan fingerprint density at radius 1 is 0.405 bits per heavy atom. The molecule has 2 heteroatoms. The second kappa shape index (κ2) is 10.7. The zero-order valence-electron chi connectivity index (χ0n) is 24.1. The van der Waals surface area contributed by atoms with Gasteiger partial charge in [-0.2, -0.15) is 0 Å². The summed E-state index contributed by atoms with van der Waals surface area (Å²) < 4.78 is 0. The molecule has 0 spiro atoms. The number of para-hydroxylation sites is 4. The minimum absolute atomic E-state index is 0.116. The van der Waals surface area contributed by atoms with E-state index in [-0.39, 0.29) is 5.41 Å². The van der Waals surface area contributed by atoms with E-state index in [4.69, 9.17) is 0 Å². The molecular weight excluding hydrogens is 508 g/mol. The molecule has 0 heterocycles. The third-order valence-corrected chi connectivity index (χ3v) is 8.77. The van der Waals surface area contributed by atoms with E-state index < -0.39 is 0 Å². The van der Waals surface area contributed by atoms with Crippen LogP contribution >= 0.6 is 0 Å². The number of benzene rings is 6. The van der Waals surface area contributed by atoms with Crippen LogP contribution in [0.2, 0.25) is 0 Å². The molecule has 2 nitrogen and oxygen atoms in total. The Kier molecular flexibility index (Phi) is 6.60. The van der Waals surface area contributed by atoms with Gasteiger partial charge in [-0.1, -0.05) is 98.8 Å². The van der Waals surface area contributed by atoms with Crippen molar-refractivity contribution in [2.24, 2.45) is 0 Å². The molecule has 204 valence electrons. The minimum Gasteiger partial charge on any atom is -0.310 e. The molecule has 0 amide bonds. The highest BCUT2D eigenvalue weighted by Gasteiger charge is 2.39. The first-order chi connectivity index (χ1) is 20.7. The van der Waals surface area contributed by atoms with E-state index in [0.717, 1.165) is 29.2 Å². The highest BCUT2D eigenvalue weighted by Crippen LogP contribution is 2.53. The van der Waals surface area contributed by atoms with Gasteiger partial charge in [-0.25, -0.2) is 0 Å². The van der Waals surface area contributed by atoms with E-state index in [1.165, 1.54) is 33.6 Å². The third kappa shape index (κ3) is 4.37. The lowest BCUT2D eigenvalue weighted by Crippen LogP contribution is -2.20. The molecule has 1 aliphatic rings. The van der Waals surface area contributed by atoms with Crippen LogP contribution in [0, 0.1) is 0 Å². The molecule has 0 bridgehead atoms. The van der Waals surface area contributed by atoms with Crippen molar-refractivity contribution in [3.05, 3.63) is 169 Å². The summed E-state index contributed by atoms with van der Waals surface area (Å²) in [6, 6.07) is 56.7. The van der Waals surface area contributed by atoms with Crippen LogP contribution in [0.1, 0.15) is 31.4 Å². The predicted octanol–water partition coefficient (Wildman–Crippen LogP) is 11.3. The van der Waals surface area contributed by atoms with Gasteiger partial charge in [0.2, 0.25) is 0 Å². The van der Waals surface area contributed by atoms with E-state index in [0.29, 0.717) is 0 Å². The van der Waals surface area contributed by atoms with Gasteiger partial charge in [0, 0.05) is 39.5 Å². The number of nitrogens with zero attached hydrogens (tertiary/aromatic N) is 2. The Morgan fingerprint density at radius 3 is 1.00 bits per heavy atom. The highest BCUT2D eigenvalue weighted by atomic mass is 15.1. The molecule has 7 rings (SSSR count). The van der Waals surface area contributed by atoms with Crippen LogP contribution in [0.5, 0.6) is 0 Å². The minimum atomic E-state index is -0.116. The van der Waals surface area contributed by atoms with E-state index in [9.17, 15) is 0 Å². The Hall–Kier alpha value is -5.08. The van der Waals surface area contributed by atoms with Crippen LogP contribution in [-0.4, -0.2) is 0 Å². The van der Waals surface area contributed by atoms with Crippen molar-refractivity contribution in [1.82, 2.24) is 0 Å². The molecule has 0 fully saturated rings. The van der Waals surface area contributed by atoms with E-state index in [2.05, 4.69) is 181 Å². The maximum Gasteiger partial charge on any atom is 0.0465 e. The van der Waals surface area contributed by atoms with Crippen molar-refractivity contribution in [2.45, 2.75) is 25.7 Å². The van der Waals surface area contributed by atoms with Gasteiger partial charge in [0.15, 0.2) is 0 Å². The number of fused-ring (bicyclic) bond motifs is 3. The van der Waals surface area contributed by atoms with Crippen LogP contribution in [0.25, 0.3) is 11.1 Å². The standard InChI is InChI=1S/C40H34N2/c1-3-40(2)38-28-34(41(30-16-8-4-9-17-30)31-18-10-5-11-19-31)24-26-36(38)37-27-25-35(29-39(37)40)42(32-20-12-6-13-21-32)33-22-14-7-15-23-33/h4-29H,3H2,1-2H3. The van der Waals surface area contributed by atoms with Gasteiger partial charge >= 0.3 is 0 Å². The molecule has 6 aromatic carbocycles. The first-order valence-electron chi connectivity index (χ1n) is 14.8. The van der Waals surface area contributed by atoms with Crippen molar-refractivity contribution in [1.29, 1.82) is 0 Å². The zero-order chi connectivity index (χ0) is 28.5. The fourth-order valence-electron chi connectivity index (χ4n) is 6.45. The first kappa shape index (κ1) is 25.9. The highest BCUT2D eigenvalue weighted by molar-refractivity contribution is 5.88. The van der Waals surface area contributed by atoms with Crippen LogP contribution in [-0.2, 0) is 5.41 Å². The largest absolute Gasteiger partial charge is 0.310 e. The zero-order valence-corrected chi connectivity index (χ0v) is 24.1. The maximum absolute atomic E-state index is 2.42. The number of anilines is 6. The lowest BCUT2D eigenvalue weighted by atomic mass is 9.77. The summed E-state index contributed by atoms with van der Waals surface area (Å²) in [6.45, 7) is 4.73. The fourth-order valence-corrected chi connectivity index (χ4v) is 6.45. The van der Waals surface area contributed by atoms with Crippen molar-refractivity contribution in [3.63, 3.8) is 0 Å². The second-order valence-corrected chi connectivity index (χ2v) is 11.2. The van der Waals surface area contributed by atoms with Gasteiger partial charge in [-0.15, -0.1) is 0 Å². The Balaban J connectivity index is 1.36. The van der Waals surface area contributed by atoms with Gasteiger partial charge in [-0.3, -0.25) is 0 Å². The molecule has 0 aliphatic heterocycles. The molecule has 0 radical (unpaired) electrons. The van der Waals surface area contributed by atoms with Gasteiger partial charge in [0.25, 0.3) is 0 Å². The SMILES string of the molecule is CCC1(C)c2cc(N(c3ccccc3)c3ccccc3)ccc2-c2ccc(N(c3ccccc3)c3ccccc3)cc21. The van der Waals surface area contributed by atoms with Crippen LogP contribution in [0.4, 0.5) is 34.1 Å². The van der Waals surface area contributed by atoms with Crippen LogP contribution < -0.4 is 9.80 Å². The normalized spacial score (nSPS) is 12.8. The molecule has 0 atom stereocenters. The maximum atomic E-state index is 2.42. The van der Waals surface area contributed by atoms with Crippen LogP contribution in [0.3, 0.4) is 0 Å². The second-order valence-electron chi connectivity index (χ2n) is 11.2. The molecule has 6 aromatic rings. The molecule has 0 unspecified atom stereocenters. The first-order valence-corrected chi connectivity index (χ1v) is 14.8. The fraction of sp³-hybridized carbons (Fsp3) is 0.100. The summed E-state index contributed by atoms with van der Waals surface area (Å²) in [5.41, 5.74) is 12.3. The Bertz CT molecular complexity index is 1600. The summed E-state index contributed by atoms with van der Waals surface area (Å²) >= 11 is 0. The molecular formula is C40H34N2. The topological polar surface area (TPSA) is 6.48 Å². The molecule has 0 saturated carbocycles. The monoisotopic (exact) mass is 542 g/mol. The van der Waals surface area contributed by atoms with Crippen molar-refractivity contribution >= 4 is 34.1 Å². The smallest absolute Gasteiger partial charge is 0.0465 e. The number of hydrogen-bond donors (Lipinski definition) is 0. The number of rotatable bonds is 7. The average Bonchev–Trinajstić information content (AvgIpc) is 3.31. The summed E-state index contributed by atoms with van der Waals surface area (Å²) in [6.07, 6.45) is 1.01. The summed E-state index contributed by atoms with van der Waals surface area (Å²) in [4.78, 5) is 4.72. The quantitative estimate of drug-likeness (QED) is 0.198. The molecule has 42 heavy (non-hydrogen) atoms. The number of hydrogen-bond acceptors (Lipinski definition) is 2. The molecule has 0 N–H and O–H groups in total. The van der Waals surface area contributed by atoms with Gasteiger partial charge in [-0.05, 0) is 101 Å². The van der Waals surface area contributed by atoms with E-state index in [1.54, 1.807) is 0 Å². The van der Waals surface area contributed by atoms with Crippen molar-refractivity contribution < 1.29 is 0 Å². The van der Waals surface area contributed by atoms with Gasteiger partial charge < -0.3 is 9.80 Å². The molecule has 0 aromatic heterocycles.